The average molecular weight is 357 g/mol. The van der Waals surface area contributed by atoms with Gasteiger partial charge in [0.1, 0.15) is 5.82 Å². The predicted octanol–water partition coefficient (Wildman–Crippen LogP) is 5.05. The van der Waals surface area contributed by atoms with Gasteiger partial charge in [-0.05, 0) is 61.3 Å². The maximum atomic E-state index is 13.2. The number of hydrogen-bond acceptors (Lipinski definition) is 1. The summed E-state index contributed by atoms with van der Waals surface area (Å²) in [6.45, 7) is 1.92. The third-order valence-electron chi connectivity index (χ3n) is 3.39. The van der Waals surface area contributed by atoms with E-state index in [0.29, 0.717) is 0 Å². The second-order valence-electron chi connectivity index (χ2n) is 4.78. The van der Waals surface area contributed by atoms with E-state index in [2.05, 4.69) is 21.2 Å². The normalized spacial score (nSPS) is 12.4. The lowest BCUT2D eigenvalue weighted by atomic mass is 9.95. The lowest BCUT2D eigenvalue weighted by Crippen LogP contribution is -2.20. The van der Waals surface area contributed by atoms with Crippen LogP contribution in [0, 0.1) is 12.7 Å². The Labute approximate surface area is 132 Å². The fourth-order valence-corrected chi connectivity index (χ4v) is 3.06. The Hall–Kier alpha value is -0.900. The Bertz CT molecular complexity index is 615. The minimum Gasteiger partial charge on any atom is -0.313 e. The van der Waals surface area contributed by atoms with E-state index in [1.54, 1.807) is 6.07 Å². The third-order valence-corrected chi connectivity index (χ3v) is 4.24. The summed E-state index contributed by atoms with van der Waals surface area (Å²) in [5.41, 5.74) is 3.10. The molecule has 106 valence electrons. The molecule has 20 heavy (non-hydrogen) atoms. The molecule has 0 aliphatic carbocycles. The smallest absolute Gasteiger partial charge is 0.123 e. The molecule has 2 aromatic rings. The highest BCUT2D eigenvalue weighted by atomic mass is 79.9. The molecule has 0 spiro atoms. The zero-order valence-corrected chi connectivity index (χ0v) is 13.7. The van der Waals surface area contributed by atoms with Crippen LogP contribution in [0.3, 0.4) is 0 Å². The first kappa shape index (κ1) is 15.5. The van der Waals surface area contributed by atoms with E-state index in [1.165, 1.54) is 6.07 Å². The molecule has 0 heterocycles. The first-order chi connectivity index (χ1) is 9.51. The number of likely N-dealkylation sites (N-methyl/N-ethyl adjacent to an activating group) is 1. The largest absolute Gasteiger partial charge is 0.313 e. The van der Waals surface area contributed by atoms with E-state index in [1.807, 2.05) is 38.2 Å². The van der Waals surface area contributed by atoms with Crippen LogP contribution in [-0.2, 0) is 6.42 Å². The van der Waals surface area contributed by atoms with Crippen LogP contribution < -0.4 is 5.32 Å². The average Bonchev–Trinajstić information content (AvgIpc) is 2.39. The van der Waals surface area contributed by atoms with Gasteiger partial charge in [-0.15, -0.1) is 0 Å². The Balaban J connectivity index is 2.28. The Kier molecular flexibility index (Phi) is 5.19. The van der Waals surface area contributed by atoms with Crippen molar-refractivity contribution < 1.29 is 4.39 Å². The van der Waals surface area contributed by atoms with Gasteiger partial charge in [-0.3, -0.25) is 0 Å². The van der Waals surface area contributed by atoms with Gasteiger partial charge in [-0.25, -0.2) is 4.39 Å². The molecule has 0 aliphatic heterocycles. The lowest BCUT2D eigenvalue weighted by Gasteiger charge is -2.20. The molecule has 1 atom stereocenters. The van der Waals surface area contributed by atoms with Gasteiger partial charge in [0, 0.05) is 15.5 Å². The van der Waals surface area contributed by atoms with E-state index in [0.717, 1.165) is 32.6 Å². The third kappa shape index (κ3) is 3.60. The summed E-state index contributed by atoms with van der Waals surface area (Å²) in [6.07, 6.45) is 0.759. The van der Waals surface area contributed by atoms with Gasteiger partial charge in [-0.2, -0.15) is 0 Å². The van der Waals surface area contributed by atoms with Gasteiger partial charge in [0.15, 0.2) is 0 Å². The van der Waals surface area contributed by atoms with Crippen molar-refractivity contribution in [2.45, 2.75) is 19.4 Å². The second-order valence-corrected chi connectivity index (χ2v) is 6.10. The first-order valence-electron chi connectivity index (χ1n) is 6.38. The minimum absolute atomic E-state index is 0.106. The molecule has 2 rings (SSSR count). The van der Waals surface area contributed by atoms with Gasteiger partial charge in [-0.1, -0.05) is 39.7 Å². The fourth-order valence-electron chi connectivity index (χ4n) is 2.30. The van der Waals surface area contributed by atoms with Crippen molar-refractivity contribution >= 4 is 27.5 Å². The molecule has 1 unspecified atom stereocenters. The van der Waals surface area contributed by atoms with E-state index in [-0.39, 0.29) is 11.9 Å². The second kappa shape index (κ2) is 6.70. The van der Waals surface area contributed by atoms with Crippen molar-refractivity contribution in [3.05, 3.63) is 68.4 Å². The molecule has 0 saturated carbocycles. The summed E-state index contributed by atoms with van der Waals surface area (Å²) in [5, 5.41) is 4.01. The topological polar surface area (TPSA) is 12.0 Å². The fraction of sp³-hybridized carbons (Fsp3) is 0.250. The number of nitrogens with one attached hydrogen (secondary N) is 1. The van der Waals surface area contributed by atoms with Crippen LogP contribution in [0.1, 0.15) is 22.7 Å². The molecular weight excluding hydrogens is 341 g/mol. The molecule has 0 amide bonds. The summed E-state index contributed by atoms with van der Waals surface area (Å²) in [6, 6.07) is 10.9. The van der Waals surface area contributed by atoms with Crippen LogP contribution in [0.4, 0.5) is 4.39 Å². The van der Waals surface area contributed by atoms with Crippen LogP contribution in [0.2, 0.25) is 5.02 Å². The molecule has 0 fully saturated rings. The van der Waals surface area contributed by atoms with Crippen LogP contribution >= 0.6 is 27.5 Å². The Morgan fingerprint density at radius 1 is 1.25 bits per heavy atom. The maximum Gasteiger partial charge on any atom is 0.123 e. The number of rotatable bonds is 4. The molecule has 0 aromatic heterocycles. The van der Waals surface area contributed by atoms with Crippen LogP contribution in [-0.4, -0.2) is 7.05 Å². The van der Waals surface area contributed by atoms with Gasteiger partial charge in [0.2, 0.25) is 0 Å². The summed E-state index contributed by atoms with van der Waals surface area (Å²) in [5.74, 6) is -0.206. The van der Waals surface area contributed by atoms with Gasteiger partial charge in [0.05, 0.1) is 0 Å². The quantitative estimate of drug-likeness (QED) is 0.808. The van der Waals surface area contributed by atoms with Crippen LogP contribution in [0.5, 0.6) is 0 Å². The summed E-state index contributed by atoms with van der Waals surface area (Å²) >= 11 is 9.67. The maximum absolute atomic E-state index is 13.2. The molecule has 1 nitrogen and oxygen atoms in total. The molecule has 4 heteroatoms. The zero-order chi connectivity index (χ0) is 14.7. The molecule has 0 bridgehead atoms. The number of benzene rings is 2. The molecule has 0 saturated heterocycles. The van der Waals surface area contributed by atoms with Gasteiger partial charge in [0.25, 0.3) is 0 Å². The van der Waals surface area contributed by atoms with Crippen molar-refractivity contribution in [1.29, 1.82) is 0 Å². The van der Waals surface area contributed by atoms with Crippen LogP contribution in [0.25, 0.3) is 0 Å². The van der Waals surface area contributed by atoms with E-state index < -0.39 is 0 Å². The van der Waals surface area contributed by atoms with Crippen molar-refractivity contribution in [3.8, 4) is 0 Å². The summed E-state index contributed by atoms with van der Waals surface area (Å²) < 4.78 is 14.2. The van der Waals surface area contributed by atoms with Crippen molar-refractivity contribution in [2.24, 2.45) is 0 Å². The first-order valence-corrected chi connectivity index (χ1v) is 7.55. The highest BCUT2D eigenvalue weighted by Crippen LogP contribution is 2.27. The van der Waals surface area contributed by atoms with Gasteiger partial charge < -0.3 is 5.32 Å². The van der Waals surface area contributed by atoms with Crippen LogP contribution in [0.15, 0.2) is 40.9 Å². The number of hydrogen-bond donors (Lipinski definition) is 1. The monoisotopic (exact) mass is 355 g/mol. The van der Waals surface area contributed by atoms with E-state index in [9.17, 15) is 4.39 Å². The summed E-state index contributed by atoms with van der Waals surface area (Å²) in [7, 11) is 1.90. The van der Waals surface area contributed by atoms with E-state index in [4.69, 9.17) is 11.6 Å². The number of halogens is 3. The molecule has 1 N–H and O–H groups in total. The van der Waals surface area contributed by atoms with E-state index >= 15 is 0 Å². The van der Waals surface area contributed by atoms with Crippen molar-refractivity contribution in [2.75, 3.05) is 7.05 Å². The molecule has 0 aliphatic rings. The Morgan fingerprint density at radius 3 is 2.60 bits per heavy atom. The molecule has 0 radical (unpaired) electrons. The minimum atomic E-state index is -0.206. The zero-order valence-electron chi connectivity index (χ0n) is 11.4. The highest BCUT2D eigenvalue weighted by Gasteiger charge is 2.14. The van der Waals surface area contributed by atoms with Crippen molar-refractivity contribution in [3.63, 3.8) is 0 Å². The summed E-state index contributed by atoms with van der Waals surface area (Å²) in [4.78, 5) is 0. The number of aryl methyl sites for hydroxylation is 1. The molecular formula is C16H16BrClFN. The highest BCUT2D eigenvalue weighted by molar-refractivity contribution is 9.10. The van der Waals surface area contributed by atoms with Crippen molar-refractivity contribution in [1.82, 2.24) is 5.32 Å². The SMILES string of the molecule is CNC(Cc1ccc(Br)cc1Cl)c1ccc(F)cc1C. The Morgan fingerprint density at radius 2 is 2.00 bits per heavy atom. The molecule has 2 aromatic carbocycles. The predicted molar refractivity (Wildman–Crippen MR) is 85.8 cm³/mol. The van der Waals surface area contributed by atoms with Gasteiger partial charge >= 0.3 is 0 Å². The lowest BCUT2D eigenvalue weighted by molar-refractivity contribution is 0.582. The standard InChI is InChI=1S/C16H16BrClFN/c1-10-7-13(19)5-6-14(10)16(20-2)8-11-3-4-12(17)9-15(11)18/h3-7,9,16,20H,8H2,1-2H3.